The van der Waals surface area contributed by atoms with Crippen LogP contribution in [0.5, 0.6) is 0 Å². The van der Waals surface area contributed by atoms with Gasteiger partial charge in [-0.2, -0.15) is 0 Å². The molecule has 160 valence electrons. The summed E-state index contributed by atoms with van der Waals surface area (Å²) < 4.78 is 5.46. The smallest absolute Gasteiger partial charge is 0.325 e. The van der Waals surface area contributed by atoms with Crippen LogP contribution in [0.15, 0.2) is 22.8 Å². The minimum absolute atomic E-state index is 0.0381. The molecule has 8 heteroatoms. The van der Waals surface area contributed by atoms with Gasteiger partial charge in [-0.15, -0.1) is 0 Å². The number of nitrogens with one attached hydrogen (secondary N) is 3. The Labute approximate surface area is 172 Å². The predicted octanol–water partition coefficient (Wildman–Crippen LogP) is 0.718. The quantitative estimate of drug-likeness (QED) is 0.608. The largest absolute Gasteiger partial charge is 0.463 e. The normalized spacial score (nSPS) is 27.4. The SMILES string of the molecule is C[C@@H]1CC(C)(C)C[C@]2(C1)NC(=O)N(CC(=O)NC[C@@H](c1ccco1)[NH+](C)C)C2=O. The zero-order valence-electron chi connectivity index (χ0n) is 18.0. The third kappa shape index (κ3) is 4.47. The number of hydrogen-bond donors (Lipinski definition) is 3. The number of urea groups is 1. The molecule has 4 amide bonds. The Morgan fingerprint density at radius 2 is 2.10 bits per heavy atom. The van der Waals surface area contributed by atoms with Crippen molar-refractivity contribution in [1.82, 2.24) is 15.5 Å². The second-order valence-electron chi connectivity index (χ2n) is 9.71. The zero-order chi connectivity index (χ0) is 21.4. The fourth-order valence-electron chi connectivity index (χ4n) is 5.14. The van der Waals surface area contributed by atoms with Crippen LogP contribution in [0.4, 0.5) is 4.79 Å². The fourth-order valence-corrected chi connectivity index (χ4v) is 5.14. The maximum Gasteiger partial charge on any atom is 0.325 e. The molecule has 1 saturated heterocycles. The van der Waals surface area contributed by atoms with Gasteiger partial charge in [0, 0.05) is 0 Å². The molecule has 2 aliphatic rings. The Balaban J connectivity index is 1.63. The standard InChI is InChI=1S/C21H32N4O4/c1-14-9-20(2,3)13-21(10-14)18(27)25(19(28)23-21)12-17(26)22-11-15(24(4)5)16-7-6-8-29-16/h6-8,14-15H,9-13H2,1-5H3,(H,22,26)(H,23,28)/p+1/t14-,15+,21+/m1/s1. The highest BCUT2D eigenvalue weighted by molar-refractivity contribution is 6.09. The van der Waals surface area contributed by atoms with Crippen LogP contribution >= 0.6 is 0 Å². The molecule has 3 N–H and O–H groups in total. The van der Waals surface area contributed by atoms with Gasteiger partial charge in [-0.3, -0.25) is 14.5 Å². The Hall–Kier alpha value is -2.35. The Morgan fingerprint density at radius 1 is 1.38 bits per heavy atom. The Bertz CT molecular complexity index is 774. The maximum atomic E-state index is 13.1. The summed E-state index contributed by atoms with van der Waals surface area (Å²) in [5, 5.41) is 5.75. The van der Waals surface area contributed by atoms with E-state index in [1.165, 1.54) is 0 Å². The van der Waals surface area contributed by atoms with Gasteiger partial charge in [-0.05, 0) is 42.7 Å². The summed E-state index contributed by atoms with van der Waals surface area (Å²) in [5.74, 6) is 0.469. The number of carbonyl (C=O) groups excluding carboxylic acids is 3. The number of carbonyl (C=O) groups is 3. The molecule has 1 aliphatic heterocycles. The van der Waals surface area contributed by atoms with E-state index in [0.29, 0.717) is 25.3 Å². The molecule has 1 aromatic heterocycles. The molecule has 29 heavy (non-hydrogen) atoms. The van der Waals surface area contributed by atoms with E-state index in [1.807, 2.05) is 26.2 Å². The third-order valence-corrected chi connectivity index (χ3v) is 6.01. The highest BCUT2D eigenvalue weighted by Crippen LogP contribution is 2.46. The van der Waals surface area contributed by atoms with Crippen LogP contribution < -0.4 is 15.5 Å². The van der Waals surface area contributed by atoms with Crippen LogP contribution in [-0.2, 0) is 9.59 Å². The van der Waals surface area contributed by atoms with Crippen molar-refractivity contribution in [3.63, 3.8) is 0 Å². The van der Waals surface area contributed by atoms with Gasteiger partial charge >= 0.3 is 6.03 Å². The summed E-state index contributed by atoms with van der Waals surface area (Å²) in [5.41, 5.74) is -0.924. The number of rotatable bonds is 6. The van der Waals surface area contributed by atoms with Crippen LogP contribution in [0.3, 0.4) is 0 Å². The molecule has 0 unspecified atom stereocenters. The first-order valence-corrected chi connectivity index (χ1v) is 10.3. The fraction of sp³-hybridized carbons (Fsp3) is 0.667. The second kappa shape index (κ2) is 7.82. The molecular weight excluding hydrogens is 372 g/mol. The topological polar surface area (TPSA) is 96.1 Å². The lowest BCUT2D eigenvalue weighted by Gasteiger charge is -2.43. The molecule has 3 rings (SSSR count). The van der Waals surface area contributed by atoms with Crippen molar-refractivity contribution in [1.29, 1.82) is 0 Å². The maximum absolute atomic E-state index is 13.1. The summed E-state index contributed by atoms with van der Waals surface area (Å²) >= 11 is 0. The van der Waals surface area contributed by atoms with Crippen molar-refractivity contribution < 1.29 is 23.7 Å². The van der Waals surface area contributed by atoms with Gasteiger partial charge in [0.05, 0.1) is 26.9 Å². The lowest BCUT2D eigenvalue weighted by molar-refractivity contribution is -0.891. The zero-order valence-corrected chi connectivity index (χ0v) is 18.0. The van der Waals surface area contributed by atoms with Gasteiger partial charge in [-0.1, -0.05) is 20.8 Å². The Kier molecular flexibility index (Phi) is 5.76. The summed E-state index contributed by atoms with van der Waals surface area (Å²) in [6.07, 6.45) is 3.83. The van der Waals surface area contributed by atoms with Crippen molar-refractivity contribution >= 4 is 17.8 Å². The molecule has 2 fully saturated rings. The predicted molar refractivity (Wildman–Crippen MR) is 107 cm³/mol. The average molecular weight is 406 g/mol. The van der Waals surface area contributed by atoms with E-state index >= 15 is 0 Å². The van der Waals surface area contributed by atoms with Gasteiger partial charge in [0.1, 0.15) is 12.1 Å². The molecule has 3 atom stereocenters. The number of quaternary nitrogens is 1. The van der Waals surface area contributed by atoms with E-state index in [1.54, 1.807) is 6.26 Å². The minimum Gasteiger partial charge on any atom is -0.463 e. The van der Waals surface area contributed by atoms with Crippen molar-refractivity contribution in [3.05, 3.63) is 24.2 Å². The molecule has 8 nitrogen and oxygen atoms in total. The highest BCUT2D eigenvalue weighted by atomic mass is 16.3. The first-order valence-electron chi connectivity index (χ1n) is 10.3. The molecule has 1 spiro atoms. The number of furan rings is 1. The number of hydrogen-bond acceptors (Lipinski definition) is 4. The monoisotopic (exact) mass is 405 g/mol. The molecule has 0 radical (unpaired) electrons. The molecule has 2 heterocycles. The van der Waals surface area contributed by atoms with Gasteiger partial charge < -0.3 is 20.0 Å². The van der Waals surface area contributed by atoms with E-state index in [-0.39, 0.29) is 29.8 Å². The third-order valence-electron chi connectivity index (χ3n) is 6.01. The molecule has 0 bridgehead atoms. The van der Waals surface area contributed by atoms with E-state index in [9.17, 15) is 14.4 Å². The van der Waals surface area contributed by atoms with Gasteiger partial charge in [0.2, 0.25) is 5.91 Å². The van der Waals surface area contributed by atoms with E-state index < -0.39 is 11.6 Å². The van der Waals surface area contributed by atoms with Crippen molar-refractivity contribution in [3.8, 4) is 0 Å². The average Bonchev–Trinajstić information content (AvgIpc) is 3.17. The molecule has 1 aromatic rings. The summed E-state index contributed by atoms with van der Waals surface area (Å²) in [6.45, 7) is 6.44. The first-order chi connectivity index (χ1) is 13.5. The minimum atomic E-state index is -0.886. The van der Waals surface area contributed by atoms with Crippen LogP contribution in [0.2, 0.25) is 0 Å². The van der Waals surface area contributed by atoms with E-state index in [2.05, 4.69) is 31.4 Å². The van der Waals surface area contributed by atoms with E-state index in [0.717, 1.165) is 22.0 Å². The summed E-state index contributed by atoms with van der Waals surface area (Å²) in [7, 11) is 3.96. The summed E-state index contributed by atoms with van der Waals surface area (Å²) in [6, 6.07) is 3.16. The lowest BCUT2D eigenvalue weighted by Crippen LogP contribution is -3.07. The van der Waals surface area contributed by atoms with Crippen LogP contribution in [0, 0.1) is 11.3 Å². The van der Waals surface area contributed by atoms with Gasteiger partial charge in [-0.25, -0.2) is 4.79 Å². The molecular formula is C21H33N4O4+. The van der Waals surface area contributed by atoms with Crippen LogP contribution in [-0.4, -0.2) is 55.5 Å². The summed E-state index contributed by atoms with van der Waals surface area (Å²) in [4.78, 5) is 40.4. The first kappa shape index (κ1) is 21.4. The van der Waals surface area contributed by atoms with Crippen molar-refractivity contribution in [2.45, 2.75) is 51.6 Å². The van der Waals surface area contributed by atoms with Crippen LogP contribution in [0.1, 0.15) is 51.8 Å². The number of nitrogens with zero attached hydrogens (tertiary/aromatic N) is 1. The van der Waals surface area contributed by atoms with Crippen LogP contribution in [0.25, 0.3) is 0 Å². The molecule has 1 aliphatic carbocycles. The molecule has 0 aromatic carbocycles. The number of imide groups is 1. The van der Waals surface area contributed by atoms with Crippen molar-refractivity contribution in [2.24, 2.45) is 11.3 Å². The van der Waals surface area contributed by atoms with E-state index in [4.69, 9.17) is 4.42 Å². The van der Waals surface area contributed by atoms with Gasteiger partial charge in [0.25, 0.3) is 5.91 Å². The molecule has 1 saturated carbocycles. The Morgan fingerprint density at radius 3 is 2.69 bits per heavy atom. The number of amides is 4. The van der Waals surface area contributed by atoms with Gasteiger partial charge in [0.15, 0.2) is 11.8 Å². The highest BCUT2D eigenvalue weighted by Gasteiger charge is 2.56. The second-order valence-corrected chi connectivity index (χ2v) is 9.71. The number of likely N-dealkylation sites (N-methyl/N-ethyl adjacent to an activating group) is 1. The lowest BCUT2D eigenvalue weighted by atomic mass is 9.64. The van der Waals surface area contributed by atoms with Crippen molar-refractivity contribution in [2.75, 3.05) is 27.2 Å².